The van der Waals surface area contributed by atoms with Crippen molar-refractivity contribution in [2.75, 3.05) is 6.54 Å². The molecule has 1 aliphatic heterocycles. The Morgan fingerprint density at radius 3 is 2.82 bits per heavy atom. The Bertz CT molecular complexity index is 244. The number of carbonyl (C=O) groups excluding carboxylic acids is 1. The molecule has 11 heavy (non-hydrogen) atoms. The van der Waals surface area contributed by atoms with Gasteiger partial charge in [0.2, 0.25) is 5.91 Å². The molecule has 1 saturated carbocycles. The molecule has 1 fully saturated rings. The third-order valence-corrected chi connectivity index (χ3v) is 2.40. The van der Waals surface area contributed by atoms with Crippen LogP contribution in [0.5, 0.6) is 0 Å². The van der Waals surface area contributed by atoms with Crippen molar-refractivity contribution in [1.29, 1.82) is 0 Å². The topological polar surface area (TPSA) is 29.1 Å². The molecule has 0 aromatic rings. The van der Waals surface area contributed by atoms with Crippen molar-refractivity contribution in [1.82, 2.24) is 5.32 Å². The maximum absolute atomic E-state index is 13.1. The van der Waals surface area contributed by atoms with Gasteiger partial charge < -0.3 is 5.32 Å². The first-order valence-electron chi connectivity index (χ1n) is 3.77. The molecule has 2 aliphatic rings. The summed E-state index contributed by atoms with van der Waals surface area (Å²) in [6.45, 7) is 2.13. The van der Waals surface area contributed by atoms with Crippen LogP contribution in [0.15, 0.2) is 11.6 Å². The SMILES string of the molecule is CC1(F)CC1C1=CC(=O)NC1. The van der Waals surface area contributed by atoms with Gasteiger partial charge in [-0.15, -0.1) is 0 Å². The van der Waals surface area contributed by atoms with Gasteiger partial charge in [-0.2, -0.15) is 0 Å². The monoisotopic (exact) mass is 155 g/mol. The fourth-order valence-corrected chi connectivity index (χ4v) is 1.54. The number of rotatable bonds is 1. The Hall–Kier alpha value is -0.860. The Kier molecular flexibility index (Phi) is 1.14. The van der Waals surface area contributed by atoms with Crippen molar-refractivity contribution >= 4 is 5.91 Å². The predicted molar refractivity (Wildman–Crippen MR) is 38.7 cm³/mol. The highest BCUT2D eigenvalue weighted by Crippen LogP contribution is 2.51. The average Bonchev–Trinajstić information content (AvgIpc) is 2.39. The minimum atomic E-state index is -1.04. The van der Waals surface area contributed by atoms with E-state index in [-0.39, 0.29) is 11.8 Å². The van der Waals surface area contributed by atoms with Gasteiger partial charge in [0.15, 0.2) is 0 Å². The molecule has 0 saturated heterocycles. The lowest BCUT2D eigenvalue weighted by Crippen LogP contribution is -2.15. The lowest BCUT2D eigenvalue weighted by Gasteiger charge is -1.99. The van der Waals surface area contributed by atoms with Crippen molar-refractivity contribution in [3.8, 4) is 0 Å². The highest BCUT2D eigenvalue weighted by molar-refractivity contribution is 5.91. The standard InChI is InChI=1S/C8H10FNO/c1-8(9)3-6(8)5-2-7(11)10-4-5/h2,6H,3-4H2,1H3,(H,10,11). The summed E-state index contributed by atoms with van der Waals surface area (Å²) in [6, 6.07) is 0. The number of carbonyl (C=O) groups is 1. The normalized spacial score (nSPS) is 41.8. The summed E-state index contributed by atoms with van der Waals surface area (Å²) in [5.74, 6) is -0.0795. The smallest absolute Gasteiger partial charge is 0.244 e. The van der Waals surface area contributed by atoms with Crippen molar-refractivity contribution in [2.24, 2.45) is 5.92 Å². The molecule has 0 bridgehead atoms. The molecule has 0 aromatic heterocycles. The first-order chi connectivity index (χ1) is 5.09. The van der Waals surface area contributed by atoms with Crippen molar-refractivity contribution < 1.29 is 9.18 Å². The van der Waals surface area contributed by atoms with E-state index in [4.69, 9.17) is 0 Å². The van der Waals surface area contributed by atoms with Crippen LogP contribution in [0.3, 0.4) is 0 Å². The van der Waals surface area contributed by atoms with Crippen LogP contribution < -0.4 is 5.32 Å². The van der Waals surface area contributed by atoms with Gasteiger partial charge in [-0.25, -0.2) is 4.39 Å². The van der Waals surface area contributed by atoms with Gasteiger partial charge in [-0.3, -0.25) is 4.79 Å². The second-order valence-electron chi connectivity index (χ2n) is 3.47. The van der Waals surface area contributed by atoms with Crippen LogP contribution in [-0.2, 0) is 4.79 Å². The van der Waals surface area contributed by atoms with Crippen molar-refractivity contribution in [3.05, 3.63) is 11.6 Å². The van der Waals surface area contributed by atoms with Gasteiger partial charge in [-0.05, 0) is 18.9 Å². The second-order valence-corrected chi connectivity index (χ2v) is 3.47. The molecule has 2 nitrogen and oxygen atoms in total. The zero-order chi connectivity index (χ0) is 8.06. The predicted octanol–water partition coefficient (Wildman–Crippen LogP) is 0.791. The van der Waals surface area contributed by atoms with Crippen LogP contribution in [0.4, 0.5) is 4.39 Å². The van der Waals surface area contributed by atoms with E-state index in [1.165, 1.54) is 6.08 Å². The fourth-order valence-electron chi connectivity index (χ4n) is 1.54. The molecular formula is C8H10FNO. The summed E-state index contributed by atoms with van der Waals surface area (Å²) in [5, 5.41) is 2.63. The molecule has 0 aromatic carbocycles. The summed E-state index contributed by atoms with van der Waals surface area (Å²) in [7, 11) is 0. The molecule has 2 unspecified atom stereocenters. The molecule has 0 spiro atoms. The van der Waals surface area contributed by atoms with Crippen LogP contribution in [0.1, 0.15) is 13.3 Å². The summed E-state index contributed by atoms with van der Waals surface area (Å²) in [6.07, 6.45) is 2.10. The zero-order valence-corrected chi connectivity index (χ0v) is 6.36. The third-order valence-electron chi connectivity index (χ3n) is 2.40. The number of nitrogens with one attached hydrogen (secondary N) is 1. The lowest BCUT2D eigenvalue weighted by atomic mass is 10.1. The van der Waals surface area contributed by atoms with Crippen LogP contribution in [0, 0.1) is 5.92 Å². The van der Waals surface area contributed by atoms with Crippen molar-refractivity contribution in [2.45, 2.75) is 19.0 Å². The Morgan fingerprint density at radius 2 is 2.45 bits per heavy atom. The summed E-state index contributed by atoms with van der Waals surface area (Å²) in [4.78, 5) is 10.7. The van der Waals surface area contributed by atoms with Gasteiger partial charge in [-0.1, -0.05) is 0 Å². The maximum atomic E-state index is 13.1. The molecule has 1 heterocycles. The van der Waals surface area contributed by atoms with Gasteiger partial charge in [0.1, 0.15) is 5.67 Å². The highest BCUT2D eigenvalue weighted by Gasteiger charge is 2.53. The van der Waals surface area contributed by atoms with E-state index in [1.54, 1.807) is 6.92 Å². The molecule has 1 aliphatic carbocycles. The molecule has 2 atom stereocenters. The van der Waals surface area contributed by atoms with E-state index >= 15 is 0 Å². The zero-order valence-electron chi connectivity index (χ0n) is 6.36. The van der Waals surface area contributed by atoms with E-state index in [1.807, 2.05) is 0 Å². The van der Waals surface area contributed by atoms with E-state index in [0.717, 1.165) is 5.57 Å². The summed E-state index contributed by atoms with van der Waals surface area (Å²) in [5.41, 5.74) is -0.113. The number of hydrogen-bond acceptors (Lipinski definition) is 1. The highest BCUT2D eigenvalue weighted by atomic mass is 19.1. The first-order valence-corrected chi connectivity index (χ1v) is 3.77. The molecular weight excluding hydrogens is 145 g/mol. The van der Waals surface area contributed by atoms with Crippen LogP contribution in [-0.4, -0.2) is 18.1 Å². The maximum Gasteiger partial charge on any atom is 0.244 e. The number of halogens is 1. The van der Waals surface area contributed by atoms with Gasteiger partial charge in [0, 0.05) is 18.5 Å². The largest absolute Gasteiger partial charge is 0.349 e. The van der Waals surface area contributed by atoms with Crippen LogP contribution in [0.2, 0.25) is 0 Å². The van der Waals surface area contributed by atoms with Crippen molar-refractivity contribution in [3.63, 3.8) is 0 Å². The van der Waals surface area contributed by atoms with E-state index in [0.29, 0.717) is 13.0 Å². The third kappa shape index (κ3) is 1.04. The van der Waals surface area contributed by atoms with E-state index in [9.17, 15) is 9.18 Å². The Labute approximate surface area is 64.5 Å². The number of amides is 1. The quantitative estimate of drug-likeness (QED) is 0.596. The molecule has 2 rings (SSSR count). The second kappa shape index (κ2) is 1.84. The van der Waals surface area contributed by atoms with Crippen LogP contribution in [0.25, 0.3) is 0 Å². The first kappa shape index (κ1) is 6.83. The van der Waals surface area contributed by atoms with Crippen LogP contribution >= 0.6 is 0 Å². The molecule has 3 heteroatoms. The minimum absolute atomic E-state index is 0.00134. The van der Waals surface area contributed by atoms with Gasteiger partial charge in [0.05, 0.1) is 0 Å². The number of hydrogen-bond donors (Lipinski definition) is 1. The fraction of sp³-hybridized carbons (Fsp3) is 0.625. The Morgan fingerprint density at radius 1 is 1.82 bits per heavy atom. The number of alkyl halides is 1. The molecule has 0 radical (unpaired) electrons. The molecule has 60 valence electrons. The Balaban J connectivity index is 2.09. The lowest BCUT2D eigenvalue weighted by molar-refractivity contribution is -0.115. The van der Waals surface area contributed by atoms with Gasteiger partial charge >= 0.3 is 0 Å². The summed E-state index contributed by atoms with van der Waals surface area (Å²) < 4.78 is 13.1. The average molecular weight is 155 g/mol. The molecule has 1 amide bonds. The molecule has 1 N–H and O–H groups in total. The van der Waals surface area contributed by atoms with Gasteiger partial charge in [0.25, 0.3) is 0 Å². The van der Waals surface area contributed by atoms with E-state index < -0.39 is 5.67 Å². The minimum Gasteiger partial charge on any atom is -0.349 e. The van der Waals surface area contributed by atoms with E-state index in [2.05, 4.69) is 5.32 Å². The summed E-state index contributed by atoms with van der Waals surface area (Å²) >= 11 is 0.